The molecule has 0 saturated heterocycles. The summed E-state index contributed by atoms with van der Waals surface area (Å²) >= 11 is 1.90. The van der Waals surface area contributed by atoms with Crippen LogP contribution in [0.5, 0.6) is 0 Å². The number of pyridine rings is 1. The minimum Gasteiger partial charge on any atom is -0.280 e. The number of para-hydroxylation sites is 1. The summed E-state index contributed by atoms with van der Waals surface area (Å²) in [5.41, 5.74) is 0.534. The summed E-state index contributed by atoms with van der Waals surface area (Å²) in [4.78, 5) is 4.14. The van der Waals surface area contributed by atoms with Crippen LogP contribution in [0.2, 0.25) is 0 Å². The molecule has 0 amide bonds. The molecule has 1 N–H and O–H groups in total. The van der Waals surface area contributed by atoms with E-state index in [2.05, 4.69) is 9.71 Å². The summed E-state index contributed by atoms with van der Waals surface area (Å²) in [5.74, 6) is 0. The summed E-state index contributed by atoms with van der Waals surface area (Å²) < 4.78 is 27.1. The maximum atomic E-state index is 12.1. The molecule has 0 spiro atoms. The SMILES string of the molecule is O=S(=O)(Nc1ccccc1)c1cccnc1I. The molecule has 0 atom stereocenters. The van der Waals surface area contributed by atoms with Crippen molar-refractivity contribution in [3.63, 3.8) is 0 Å². The predicted octanol–water partition coefficient (Wildman–Crippen LogP) is 2.49. The Balaban J connectivity index is 2.36. The average molecular weight is 360 g/mol. The second-order valence-corrected chi connectivity index (χ2v) is 5.94. The van der Waals surface area contributed by atoms with Gasteiger partial charge >= 0.3 is 0 Å². The highest BCUT2D eigenvalue weighted by atomic mass is 127. The molecule has 0 unspecified atom stereocenters. The highest BCUT2D eigenvalue weighted by molar-refractivity contribution is 14.1. The number of hydrogen-bond acceptors (Lipinski definition) is 3. The van der Waals surface area contributed by atoms with Gasteiger partial charge in [-0.05, 0) is 46.9 Å². The number of aromatic nitrogens is 1. The van der Waals surface area contributed by atoms with Crippen LogP contribution in [0.4, 0.5) is 5.69 Å². The van der Waals surface area contributed by atoms with Crippen LogP contribution in [0.25, 0.3) is 0 Å². The van der Waals surface area contributed by atoms with Crippen LogP contribution in [-0.2, 0) is 10.0 Å². The summed E-state index contributed by atoms with van der Waals surface area (Å²) in [6.07, 6.45) is 1.56. The van der Waals surface area contributed by atoms with Gasteiger partial charge in [-0.15, -0.1) is 0 Å². The van der Waals surface area contributed by atoms with Crippen LogP contribution in [0, 0.1) is 3.70 Å². The molecule has 2 rings (SSSR count). The molecule has 1 aromatic heterocycles. The predicted molar refractivity (Wildman–Crippen MR) is 74.2 cm³/mol. The van der Waals surface area contributed by atoms with Crippen molar-refractivity contribution in [2.45, 2.75) is 4.90 Å². The maximum Gasteiger partial charge on any atom is 0.264 e. The molecule has 0 aliphatic rings. The van der Waals surface area contributed by atoms with Gasteiger partial charge in [0.05, 0.1) is 0 Å². The Kier molecular flexibility index (Phi) is 3.63. The fraction of sp³-hybridized carbons (Fsp3) is 0. The summed E-state index contributed by atoms with van der Waals surface area (Å²) in [5, 5.41) is 0. The molecule has 4 nitrogen and oxygen atoms in total. The Morgan fingerprint density at radius 2 is 1.76 bits per heavy atom. The molecule has 1 heterocycles. The third-order valence-corrected chi connectivity index (χ3v) is 4.68. The monoisotopic (exact) mass is 360 g/mol. The number of benzene rings is 1. The molecular formula is C11H9IN2O2S. The van der Waals surface area contributed by atoms with Crippen molar-refractivity contribution in [3.05, 3.63) is 52.4 Å². The fourth-order valence-electron chi connectivity index (χ4n) is 1.29. The standard InChI is InChI=1S/C11H9IN2O2S/c12-11-10(7-4-8-13-11)17(15,16)14-9-5-2-1-3-6-9/h1-8,14H. The third kappa shape index (κ3) is 2.95. The van der Waals surface area contributed by atoms with Crippen molar-refractivity contribution in [1.29, 1.82) is 0 Å². The number of anilines is 1. The Morgan fingerprint density at radius 3 is 2.41 bits per heavy atom. The quantitative estimate of drug-likeness (QED) is 0.676. The van der Waals surface area contributed by atoms with E-state index in [1.807, 2.05) is 28.7 Å². The van der Waals surface area contributed by atoms with Gasteiger partial charge in [0.1, 0.15) is 8.60 Å². The molecule has 0 aliphatic heterocycles. The molecular weight excluding hydrogens is 351 g/mol. The van der Waals surface area contributed by atoms with E-state index in [-0.39, 0.29) is 4.90 Å². The normalized spacial score (nSPS) is 11.1. The molecule has 0 saturated carbocycles. The molecule has 1 aromatic carbocycles. The lowest BCUT2D eigenvalue weighted by Crippen LogP contribution is -2.14. The van der Waals surface area contributed by atoms with Gasteiger partial charge in [-0.1, -0.05) is 18.2 Å². The highest BCUT2D eigenvalue weighted by Crippen LogP contribution is 2.18. The minimum absolute atomic E-state index is 0.185. The number of rotatable bonds is 3. The first-order valence-corrected chi connectivity index (χ1v) is 7.34. The lowest BCUT2D eigenvalue weighted by atomic mass is 10.3. The fourth-order valence-corrected chi connectivity index (χ4v) is 3.59. The zero-order valence-electron chi connectivity index (χ0n) is 8.67. The van der Waals surface area contributed by atoms with E-state index < -0.39 is 10.0 Å². The van der Waals surface area contributed by atoms with Crippen molar-refractivity contribution >= 4 is 38.3 Å². The molecule has 0 aliphatic carbocycles. The van der Waals surface area contributed by atoms with Crippen molar-refractivity contribution < 1.29 is 8.42 Å². The first kappa shape index (κ1) is 12.3. The zero-order chi connectivity index (χ0) is 12.3. The van der Waals surface area contributed by atoms with Crippen LogP contribution in [-0.4, -0.2) is 13.4 Å². The van der Waals surface area contributed by atoms with Gasteiger partial charge in [0.25, 0.3) is 10.0 Å². The van der Waals surface area contributed by atoms with Gasteiger partial charge in [0.2, 0.25) is 0 Å². The van der Waals surface area contributed by atoms with E-state index in [1.165, 1.54) is 6.07 Å². The van der Waals surface area contributed by atoms with Gasteiger partial charge in [-0.3, -0.25) is 4.72 Å². The number of nitrogens with one attached hydrogen (secondary N) is 1. The number of nitrogens with zero attached hydrogens (tertiary/aromatic N) is 1. The molecule has 17 heavy (non-hydrogen) atoms. The van der Waals surface area contributed by atoms with Crippen LogP contribution in [0.3, 0.4) is 0 Å². The van der Waals surface area contributed by atoms with E-state index in [1.54, 1.807) is 36.5 Å². The van der Waals surface area contributed by atoms with Gasteiger partial charge in [-0.2, -0.15) is 0 Å². The maximum absolute atomic E-state index is 12.1. The molecule has 0 fully saturated rings. The van der Waals surface area contributed by atoms with Crippen molar-refractivity contribution in [1.82, 2.24) is 4.98 Å². The van der Waals surface area contributed by atoms with Gasteiger partial charge in [-0.25, -0.2) is 13.4 Å². The van der Waals surface area contributed by atoms with Crippen LogP contribution in [0.1, 0.15) is 0 Å². The van der Waals surface area contributed by atoms with E-state index >= 15 is 0 Å². The third-order valence-electron chi connectivity index (χ3n) is 2.04. The lowest BCUT2D eigenvalue weighted by Gasteiger charge is -2.08. The zero-order valence-corrected chi connectivity index (χ0v) is 11.6. The average Bonchev–Trinajstić information content (AvgIpc) is 2.30. The number of hydrogen-bond donors (Lipinski definition) is 1. The Bertz CT molecular complexity index is 614. The lowest BCUT2D eigenvalue weighted by molar-refractivity contribution is 0.600. The second kappa shape index (κ2) is 5.01. The highest BCUT2D eigenvalue weighted by Gasteiger charge is 2.17. The summed E-state index contributed by atoms with van der Waals surface area (Å²) in [6.45, 7) is 0. The van der Waals surface area contributed by atoms with Crippen LogP contribution < -0.4 is 4.72 Å². The minimum atomic E-state index is -3.56. The Hall–Kier alpha value is -1.15. The van der Waals surface area contributed by atoms with Crippen molar-refractivity contribution in [2.24, 2.45) is 0 Å². The van der Waals surface area contributed by atoms with E-state index in [4.69, 9.17) is 0 Å². The Labute approximate surface area is 113 Å². The topological polar surface area (TPSA) is 59.1 Å². The van der Waals surface area contributed by atoms with Crippen LogP contribution >= 0.6 is 22.6 Å². The first-order valence-electron chi connectivity index (χ1n) is 4.78. The van der Waals surface area contributed by atoms with Crippen molar-refractivity contribution in [3.8, 4) is 0 Å². The molecule has 0 radical (unpaired) electrons. The van der Waals surface area contributed by atoms with Crippen molar-refractivity contribution in [2.75, 3.05) is 4.72 Å². The first-order chi connectivity index (χ1) is 8.09. The van der Waals surface area contributed by atoms with Gasteiger partial charge < -0.3 is 0 Å². The molecule has 0 bridgehead atoms. The Morgan fingerprint density at radius 1 is 1.06 bits per heavy atom. The van der Waals surface area contributed by atoms with Crippen LogP contribution in [0.15, 0.2) is 53.6 Å². The van der Waals surface area contributed by atoms with Gasteiger partial charge in [0, 0.05) is 11.9 Å². The number of sulfonamides is 1. The number of halogens is 1. The van der Waals surface area contributed by atoms with E-state index in [9.17, 15) is 8.42 Å². The van der Waals surface area contributed by atoms with Gasteiger partial charge in [0.15, 0.2) is 0 Å². The molecule has 88 valence electrons. The molecule has 6 heteroatoms. The smallest absolute Gasteiger partial charge is 0.264 e. The van der Waals surface area contributed by atoms with E-state index in [0.717, 1.165) is 0 Å². The second-order valence-electron chi connectivity index (χ2n) is 3.26. The summed E-state index contributed by atoms with van der Waals surface area (Å²) in [7, 11) is -3.56. The molecule has 2 aromatic rings. The van der Waals surface area contributed by atoms with E-state index in [0.29, 0.717) is 9.39 Å². The summed E-state index contributed by atoms with van der Waals surface area (Å²) in [6, 6.07) is 11.9. The largest absolute Gasteiger partial charge is 0.280 e.